The van der Waals surface area contributed by atoms with Crippen molar-refractivity contribution in [1.29, 1.82) is 0 Å². The molecule has 1 rings (SSSR count). The van der Waals surface area contributed by atoms with Gasteiger partial charge >= 0.3 is 6.18 Å². The van der Waals surface area contributed by atoms with Crippen molar-refractivity contribution in [2.24, 2.45) is 0 Å². The van der Waals surface area contributed by atoms with Crippen molar-refractivity contribution in [3.05, 3.63) is 18.2 Å². The van der Waals surface area contributed by atoms with E-state index in [0.717, 1.165) is 12.5 Å². The summed E-state index contributed by atoms with van der Waals surface area (Å²) < 4.78 is 41.2. The Hall–Kier alpha value is -0.850. The van der Waals surface area contributed by atoms with E-state index in [9.17, 15) is 13.2 Å². The van der Waals surface area contributed by atoms with E-state index in [-0.39, 0.29) is 11.3 Å². The maximum atomic E-state index is 12.2. The largest absolute Gasteiger partial charge is 0.479 e. The van der Waals surface area contributed by atoms with Gasteiger partial charge in [-0.25, -0.2) is 9.97 Å². The van der Waals surface area contributed by atoms with Crippen molar-refractivity contribution >= 4 is 15.9 Å². The summed E-state index contributed by atoms with van der Waals surface area (Å²) in [5.41, 5.74) is -1.11. The average Bonchev–Trinajstić information content (AvgIpc) is 2.04. The van der Waals surface area contributed by atoms with Gasteiger partial charge < -0.3 is 4.74 Å². The number of halogens is 4. The molecule has 0 saturated carbocycles. The molecule has 0 aliphatic rings. The lowest BCUT2D eigenvalue weighted by Crippen LogP contribution is -2.11. The zero-order valence-corrected chi connectivity index (χ0v) is 7.76. The molecule has 0 aliphatic heterocycles. The molecule has 1 aromatic heterocycles. The fraction of sp³-hybridized carbons (Fsp3) is 0.333. The van der Waals surface area contributed by atoms with E-state index in [1.807, 2.05) is 0 Å². The Morgan fingerprint density at radius 3 is 2.69 bits per heavy atom. The SMILES string of the molecule is FC(F)(F)c1ncncc1OCBr. The highest BCUT2D eigenvalue weighted by molar-refractivity contribution is 9.09. The predicted octanol–water partition coefficient (Wildman–Crippen LogP) is 2.23. The van der Waals surface area contributed by atoms with Crippen molar-refractivity contribution in [2.45, 2.75) is 6.18 Å². The Morgan fingerprint density at radius 1 is 1.46 bits per heavy atom. The third kappa shape index (κ3) is 2.55. The molecule has 0 N–H and O–H groups in total. The van der Waals surface area contributed by atoms with Crippen molar-refractivity contribution in [3.63, 3.8) is 0 Å². The molecule has 0 spiro atoms. The molecule has 0 aromatic carbocycles. The van der Waals surface area contributed by atoms with E-state index in [1.165, 1.54) is 0 Å². The van der Waals surface area contributed by atoms with Crippen molar-refractivity contribution in [1.82, 2.24) is 9.97 Å². The first kappa shape index (κ1) is 10.2. The molecule has 1 aromatic rings. The summed E-state index contributed by atoms with van der Waals surface area (Å²) in [5.74, 6) is -0.383. The van der Waals surface area contributed by atoms with Crippen LogP contribution in [0.2, 0.25) is 0 Å². The third-order valence-electron chi connectivity index (χ3n) is 1.16. The molecular formula is C6H4BrF3N2O. The zero-order valence-electron chi connectivity index (χ0n) is 6.18. The summed E-state index contributed by atoms with van der Waals surface area (Å²) in [7, 11) is 0. The summed E-state index contributed by atoms with van der Waals surface area (Å²) in [5, 5.41) is 0. The van der Waals surface area contributed by atoms with Crippen LogP contribution in [-0.4, -0.2) is 15.5 Å². The van der Waals surface area contributed by atoms with Crippen LogP contribution in [0.25, 0.3) is 0 Å². The second kappa shape index (κ2) is 3.91. The zero-order chi connectivity index (χ0) is 9.90. The van der Waals surface area contributed by atoms with E-state index >= 15 is 0 Å². The molecule has 0 radical (unpaired) electrons. The Bertz CT molecular complexity index is 291. The topological polar surface area (TPSA) is 35.0 Å². The molecule has 72 valence electrons. The number of ether oxygens (including phenoxy) is 1. The summed E-state index contributed by atoms with van der Waals surface area (Å²) in [6.07, 6.45) is -2.72. The van der Waals surface area contributed by atoms with Crippen LogP contribution in [0.1, 0.15) is 5.69 Å². The lowest BCUT2D eigenvalue weighted by Gasteiger charge is -2.09. The Morgan fingerprint density at radius 2 is 2.15 bits per heavy atom. The van der Waals surface area contributed by atoms with Gasteiger partial charge in [-0.1, -0.05) is 0 Å². The summed E-state index contributed by atoms with van der Waals surface area (Å²) in [6.45, 7) is 0. The van der Waals surface area contributed by atoms with Crippen LogP contribution in [0.4, 0.5) is 13.2 Å². The first-order chi connectivity index (χ1) is 6.05. The minimum atomic E-state index is -4.51. The number of hydrogen-bond acceptors (Lipinski definition) is 3. The summed E-state index contributed by atoms with van der Waals surface area (Å²) >= 11 is 2.84. The van der Waals surface area contributed by atoms with Gasteiger partial charge in [0.15, 0.2) is 11.4 Å². The molecule has 0 aliphatic carbocycles. The van der Waals surface area contributed by atoms with Crippen LogP contribution in [0.3, 0.4) is 0 Å². The molecule has 0 bridgehead atoms. The molecule has 3 nitrogen and oxygen atoms in total. The van der Waals surface area contributed by atoms with Crippen LogP contribution in [0.5, 0.6) is 5.75 Å². The van der Waals surface area contributed by atoms with Gasteiger partial charge in [-0.05, 0) is 15.9 Å². The predicted molar refractivity (Wildman–Crippen MR) is 41.5 cm³/mol. The average molecular weight is 257 g/mol. The Labute approximate surface area is 80.1 Å². The number of nitrogens with zero attached hydrogens (tertiary/aromatic N) is 2. The fourth-order valence-corrected chi connectivity index (χ4v) is 0.941. The van der Waals surface area contributed by atoms with Crippen molar-refractivity contribution in [3.8, 4) is 5.75 Å². The molecular weight excluding hydrogens is 253 g/mol. The smallest absolute Gasteiger partial charge is 0.437 e. The van der Waals surface area contributed by atoms with Gasteiger partial charge in [0.1, 0.15) is 11.8 Å². The Balaban J connectivity index is 3.05. The quantitative estimate of drug-likeness (QED) is 0.762. The van der Waals surface area contributed by atoms with Crippen molar-refractivity contribution in [2.75, 3.05) is 5.52 Å². The molecule has 7 heteroatoms. The van der Waals surface area contributed by atoms with Gasteiger partial charge in [-0.3, -0.25) is 0 Å². The highest BCUT2D eigenvalue weighted by Crippen LogP contribution is 2.33. The summed E-state index contributed by atoms with van der Waals surface area (Å²) in [6, 6.07) is 0. The van der Waals surface area contributed by atoms with Gasteiger partial charge in [0.2, 0.25) is 0 Å². The normalized spacial score (nSPS) is 11.4. The van der Waals surface area contributed by atoms with Gasteiger partial charge in [0.05, 0.1) is 6.20 Å². The third-order valence-corrected chi connectivity index (χ3v) is 1.39. The first-order valence-corrected chi connectivity index (χ1v) is 4.24. The lowest BCUT2D eigenvalue weighted by atomic mass is 10.4. The van der Waals surface area contributed by atoms with E-state index < -0.39 is 11.9 Å². The van der Waals surface area contributed by atoms with E-state index in [1.54, 1.807) is 0 Å². The molecule has 0 amide bonds. The van der Waals surface area contributed by atoms with E-state index in [0.29, 0.717) is 0 Å². The lowest BCUT2D eigenvalue weighted by molar-refractivity contribution is -0.142. The molecule has 0 saturated heterocycles. The monoisotopic (exact) mass is 256 g/mol. The molecule has 1 heterocycles. The van der Waals surface area contributed by atoms with Crippen LogP contribution < -0.4 is 4.74 Å². The minimum absolute atomic E-state index is 0.0382. The van der Waals surface area contributed by atoms with E-state index in [2.05, 4.69) is 30.6 Å². The van der Waals surface area contributed by atoms with Gasteiger partial charge in [-0.2, -0.15) is 13.2 Å². The van der Waals surface area contributed by atoms with Crippen molar-refractivity contribution < 1.29 is 17.9 Å². The number of hydrogen-bond donors (Lipinski definition) is 0. The number of aromatic nitrogens is 2. The molecule has 0 fully saturated rings. The minimum Gasteiger partial charge on any atom is -0.479 e. The van der Waals surface area contributed by atoms with Gasteiger partial charge in [0.25, 0.3) is 0 Å². The summed E-state index contributed by atoms with van der Waals surface area (Å²) in [4.78, 5) is 6.51. The van der Waals surface area contributed by atoms with Crippen LogP contribution in [0, 0.1) is 0 Å². The molecule has 13 heavy (non-hydrogen) atoms. The number of alkyl halides is 4. The second-order valence-corrected chi connectivity index (χ2v) is 2.44. The standard InChI is InChI=1S/C6H4BrF3N2O/c7-2-13-4-1-11-3-12-5(4)6(8,9)10/h1,3H,2H2. The second-order valence-electron chi connectivity index (χ2n) is 1.99. The van der Waals surface area contributed by atoms with Gasteiger partial charge in [-0.15, -0.1) is 0 Å². The van der Waals surface area contributed by atoms with Crippen LogP contribution in [-0.2, 0) is 6.18 Å². The molecule has 0 unspecified atom stereocenters. The fourth-order valence-electron chi connectivity index (χ4n) is 0.694. The van der Waals surface area contributed by atoms with Gasteiger partial charge in [0, 0.05) is 0 Å². The van der Waals surface area contributed by atoms with Crippen LogP contribution in [0.15, 0.2) is 12.5 Å². The van der Waals surface area contributed by atoms with Crippen LogP contribution >= 0.6 is 15.9 Å². The highest BCUT2D eigenvalue weighted by Gasteiger charge is 2.36. The first-order valence-electron chi connectivity index (χ1n) is 3.11. The highest BCUT2D eigenvalue weighted by atomic mass is 79.9. The maximum absolute atomic E-state index is 12.2. The molecule has 0 atom stereocenters. The Kier molecular flexibility index (Phi) is 3.07. The maximum Gasteiger partial charge on any atom is 0.437 e. The number of rotatable bonds is 2. The van der Waals surface area contributed by atoms with E-state index in [4.69, 9.17) is 0 Å².